The highest BCUT2D eigenvalue weighted by molar-refractivity contribution is 5.95. The molecule has 1 saturated carbocycles. The number of esters is 1. The van der Waals surface area contributed by atoms with E-state index < -0.39 is 41.1 Å². The first-order valence-electron chi connectivity index (χ1n) is 15.3. The molecular formula is C33H38FN5O5. The van der Waals surface area contributed by atoms with Crippen molar-refractivity contribution in [3.63, 3.8) is 0 Å². The number of hydrogen-bond acceptors (Lipinski definition) is 8. The average Bonchev–Trinajstić information content (AvgIpc) is 3.67. The second-order valence-corrected chi connectivity index (χ2v) is 13.6. The lowest BCUT2D eigenvalue weighted by atomic mass is 9.83. The van der Waals surface area contributed by atoms with Crippen molar-refractivity contribution in [1.29, 1.82) is 5.26 Å². The van der Waals surface area contributed by atoms with Gasteiger partial charge in [0.15, 0.2) is 0 Å². The van der Waals surface area contributed by atoms with Crippen LogP contribution in [0.15, 0.2) is 30.5 Å². The smallest absolute Gasteiger partial charge is 0.411 e. The zero-order valence-electron chi connectivity index (χ0n) is 25.6. The van der Waals surface area contributed by atoms with Crippen LogP contribution in [-0.4, -0.2) is 76.6 Å². The van der Waals surface area contributed by atoms with Gasteiger partial charge in [-0.2, -0.15) is 5.26 Å². The van der Waals surface area contributed by atoms with E-state index in [2.05, 4.69) is 21.3 Å². The van der Waals surface area contributed by atoms with Crippen LogP contribution in [-0.2, 0) is 26.3 Å². The summed E-state index contributed by atoms with van der Waals surface area (Å²) in [5.74, 6) is -1.34. The van der Waals surface area contributed by atoms with Gasteiger partial charge in [0.1, 0.15) is 29.1 Å². The van der Waals surface area contributed by atoms with Gasteiger partial charge in [0, 0.05) is 55.7 Å². The fourth-order valence-corrected chi connectivity index (χ4v) is 7.17. The average molecular weight is 604 g/mol. The molecule has 44 heavy (non-hydrogen) atoms. The van der Waals surface area contributed by atoms with Gasteiger partial charge < -0.3 is 19.7 Å². The van der Waals surface area contributed by atoms with Crippen molar-refractivity contribution in [2.24, 2.45) is 5.92 Å². The monoisotopic (exact) mass is 603 g/mol. The van der Waals surface area contributed by atoms with Crippen molar-refractivity contribution in [3.05, 3.63) is 53.0 Å². The SMILES string of the molecule is CN1CCC2(CC1)OC(=O)c1cnc(-c3ccc(C[C@@H](C#N)NC(=O)[C@@H]4[C@H]5CC[C@H](C5)N4C(=O)OC(C)(C)C)c(F)c3)cc12. The Morgan fingerprint density at radius 1 is 1.25 bits per heavy atom. The molecule has 2 saturated heterocycles. The fourth-order valence-electron chi connectivity index (χ4n) is 7.17. The molecule has 4 heterocycles. The van der Waals surface area contributed by atoms with Crippen LogP contribution in [0.1, 0.15) is 74.4 Å². The summed E-state index contributed by atoms with van der Waals surface area (Å²) >= 11 is 0. The van der Waals surface area contributed by atoms with E-state index in [1.807, 2.05) is 13.1 Å². The molecule has 2 amide bonds. The second kappa shape index (κ2) is 11.1. The molecule has 3 fully saturated rings. The minimum Gasteiger partial charge on any atom is -0.450 e. The summed E-state index contributed by atoms with van der Waals surface area (Å²) in [6.07, 6.45) is 4.65. The van der Waals surface area contributed by atoms with Crippen LogP contribution in [0.3, 0.4) is 0 Å². The molecule has 1 aromatic heterocycles. The first-order chi connectivity index (χ1) is 20.9. The number of nitriles is 1. The van der Waals surface area contributed by atoms with Crippen molar-refractivity contribution in [2.75, 3.05) is 20.1 Å². The Balaban J connectivity index is 1.16. The molecule has 11 heteroatoms. The van der Waals surface area contributed by atoms with Crippen LogP contribution in [0, 0.1) is 23.1 Å². The van der Waals surface area contributed by atoms with Crippen molar-refractivity contribution in [2.45, 2.75) is 88.6 Å². The van der Waals surface area contributed by atoms with Gasteiger partial charge in [0.05, 0.1) is 17.3 Å². The molecule has 6 rings (SSSR count). The molecule has 0 unspecified atom stereocenters. The lowest BCUT2D eigenvalue weighted by Crippen LogP contribution is -2.55. The van der Waals surface area contributed by atoms with E-state index in [1.54, 1.807) is 32.9 Å². The zero-order chi connectivity index (χ0) is 31.4. The van der Waals surface area contributed by atoms with Gasteiger partial charge in [-0.05, 0) is 70.7 Å². The molecule has 1 N–H and O–H groups in total. The summed E-state index contributed by atoms with van der Waals surface area (Å²) in [6.45, 7) is 6.93. The lowest BCUT2D eigenvalue weighted by Gasteiger charge is -2.37. The Bertz CT molecular complexity index is 1540. The number of nitrogens with zero attached hydrogens (tertiary/aromatic N) is 4. The number of amides is 2. The fraction of sp³-hybridized carbons (Fsp3) is 0.545. The topological polar surface area (TPSA) is 125 Å². The van der Waals surface area contributed by atoms with Crippen molar-refractivity contribution in [3.8, 4) is 17.3 Å². The maximum Gasteiger partial charge on any atom is 0.411 e. The number of carbonyl (C=O) groups excluding carboxylic acids is 3. The zero-order valence-corrected chi connectivity index (χ0v) is 25.6. The molecule has 232 valence electrons. The van der Waals surface area contributed by atoms with Crippen molar-refractivity contribution < 1.29 is 28.2 Å². The van der Waals surface area contributed by atoms with Crippen LogP contribution in [0.5, 0.6) is 0 Å². The Labute approximate surface area is 256 Å². The number of likely N-dealkylation sites (tertiary alicyclic amines) is 2. The third-order valence-corrected chi connectivity index (χ3v) is 9.40. The van der Waals surface area contributed by atoms with E-state index in [0.717, 1.165) is 37.9 Å². The summed E-state index contributed by atoms with van der Waals surface area (Å²) in [5, 5.41) is 12.6. The minimum atomic E-state index is -0.993. The first-order valence-corrected chi connectivity index (χ1v) is 15.3. The van der Waals surface area contributed by atoms with Gasteiger partial charge in [-0.25, -0.2) is 14.0 Å². The quantitative estimate of drug-likeness (QED) is 0.501. The summed E-state index contributed by atoms with van der Waals surface area (Å²) < 4.78 is 26.9. The molecule has 4 atom stereocenters. The molecule has 3 aliphatic heterocycles. The van der Waals surface area contributed by atoms with Crippen LogP contribution < -0.4 is 5.32 Å². The number of nitrogens with one attached hydrogen (secondary N) is 1. The van der Waals surface area contributed by atoms with Gasteiger partial charge in [0.2, 0.25) is 5.91 Å². The van der Waals surface area contributed by atoms with Gasteiger partial charge in [-0.15, -0.1) is 0 Å². The number of pyridine rings is 1. The number of benzene rings is 1. The van der Waals surface area contributed by atoms with E-state index in [-0.39, 0.29) is 29.9 Å². The summed E-state index contributed by atoms with van der Waals surface area (Å²) in [5.41, 5.74) is 1.17. The number of halogens is 1. The van der Waals surface area contributed by atoms with Gasteiger partial charge in [-0.3, -0.25) is 14.7 Å². The Hall–Kier alpha value is -4.04. The van der Waals surface area contributed by atoms with E-state index in [0.29, 0.717) is 29.7 Å². The largest absolute Gasteiger partial charge is 0.450 e. The number of carbonyl (C=O) groups is 3. The van der Waals surface area contributed by atoms with E-state index >= 15 is 4.39 Å². The molecule has 10 nitrogen and oxygen atoms in total. The van der Waals surface area contributed by atoms with Gasteiger partial charge >= 0.3 is 12.1 Å². The Morgan fingerprint density at radius 3 is 2.68 bits per heavy atom. The number of fused-ring (bicyclic) bond motifs is 4. The molecule has 0 radical (unpaired) electrons. The summed E-state index contributed by atoms with van der Waals surface area (Å²) in [7, 11) is 2.03. The number of hydrogen-bond donors (Lipinski definition) is 1. The van der Waals surface area contributed by atoms with E-state index in [9.17, 15) is 19.6 Å². The number of piperidine rings is 2. The highest BCUT2D eigenvalue weighted by Crippen LogP contribution is 2.45. The minimum absolute atomic E-state index is 0.00273. The Morgan fingerprint density at radius 2 is 2.00 bits per heavy atom. The molecule has 2 bridgehead atoms. The standard InChI is InChI=1S/C33H38FN5O5/c1-32(2,3)44-31(42)39-23-8-7-21(14-23)28(39)29(40)37-22(17-35)13-19-5-6-20(15-26(19)34)27-16-25-24(18-36-27)30(41)43-33(25)9-11-38(4)12-10-33/h5-6,15-16,18,21-23,28H,7-14H2,1-4H3,(H,37,40)/t21-,22-,23+,28-/m0/s1. The van der Waals surface area contributed by atoms with Crippen LogP contribution >= 0.6 is 0 Å². The molecule has 1 aliphatic carbocycles. The molecule has 1 aromatic carbocycles. The molecule has 4 aliphatic rings. The van der Waals surface area contributed by atoms with Crippen molar-refractivity contribution in [1.82, 2.24) is 20.1 Å². The normalized spacial score (nSPS) is 24.5. The van der Waals surface area contributed by atoms with E-state index in [1.165, 1.54) is 17.2 Å². The summed E-state index contributed by atoms with van der Waals surface area (Å²) in [6, 6.07) is 6.80. The predicted octanol–water partition coefficient (Wildman–Crippen LogP) is 4.32. The first kappa shape index (κ1) is 30.0. The van der Waals surface area contributed by atoms with E-state index in [4.69, 9.17) is 9.47 Å². The maximum atomic E-state index is 15.4. The van der Waals surface area contributed by atoms with Gasteiger partial charge in [-0.1, -0.05) is 12.1 Å². The lowest BCUT2D eigenvalue weighted by molar-refractivity contribution is -0.128. The molecule has 1 spiro atoms. The van der Waals surface area contributed by atoms with Crippen LogP contribution in [0.4, 0.5) is 9.18 Å². The summed E-state index contributed by atoms with van der Waals surface area (Å²) in [4.78, 5) is 47.1. The molecule has 2 aromatic rings. The van der Waals surface area contributed by atoms with Crippen LogP contribution in [0.25, 0.3) is 11.3 Å². The highest BCUT2D eigenvalue weighted by Gasteiger charge is 2.53. The van der Waals surface area contributed by atoms with Crippen molar-refractivity contribution >= 4 is 18.0 Å². The second-order valence-electron chi connectivity index (χ2n) is 13.6. The highest BCUT2D eigenvalue weighted by atomic mass is 19.1. The van der Waals surface area contributed by atoms with Gasteiger partial charge in [0.25, 0.3) is 0 Å². The van der Waals surface area contributed by atoms with Crippen LogP contribution in [0.2, 0.25) is 0 Å². The predicted molar refractivity (Wildman–Crippen MR) is 158 cm³/mol. The third kappa shape index (κ3) is 5.52. The Kier molecular flexibility index (Phi) is 7.60. The number of aromatic nitrogens is 1. The number of ether oxygens (including phenoxy) is 2. The number of rotatable bonds is 5. The third-order valence-electron chi connectivity index (χ3n) is 9.40. The molecular weight excluding hydrogens is 565 g/mol. The maximum absolute atomic E-state index is 15.4.